The molecule has 1 aliphatic rings. The highest BCUT2D eigenvalue weighted by atomic mass is 19.1. The lowest BCUT2D eigenvalue weighted by Gasteiger charge is -2.27. The molecule has 0 aromatic heterocycles. The van der Waals surface area contributed by atoms with E-state index in [0.717, 1.165) is 0 Å². The van der Waals surface area contributed by atoms with Crippen LogP contribution in [-0.2, 0) is 9.53 Å². The monoisotopic (exact) mass is 354 g/mol. The van der Waals surface area contributed by atoms with Crippen molar-refractivity contribution in [2.24, 2.45) is 0 Å². The van der Waals surface area contributed by atoms with Crippen molar-refractivity contribution in [1.82, 2.24) is 4.90 Å². The summed E-state index contributed by atoms with van der Waals surface area (Å²) in [7, 11) is 0. The van der Waals surface area contributed by atoms with Crippen molar-refractivity contribution in [3.63, 3.8) is 0 Å². The van der Waals surface area contributed by atoms with Crippen molar-refractivity contribution < 1.29 is 18.7 Å². The van der Waals surface area contributed by atoms with Crippen LogP contribution in [0.3, 0.4) is 0 Å². The molecule has 0 radical (unpaired) electrons. The maximum Gasteiger partial charge on any atom is 0.256 e. The average molecular weight is 354 g/mol. The molecule has 1 fully saturated rings. The van der Waals surface area contributed by atoms with Gasteiger partial charge in [-0.15, -0.1) is 0 Å². The molecule has 0 unspecified atom stereocenters. The number of nitrogens with zero attached hydrogens (tertiary/aromatic N) is 1. The molecule has 6 heteroatoms. The highest BCUT2D eigenvalue weighted by Crippen LogP contribution is 2.18. The fraction of sp³-hybridized carbons (Fsp3) is 0.200. The Balaban J connectivity index is 1.70. The van der Waals surface area contributed by atoms with E-state index in [9.17, 15) is 14.0 Å². The average Bonchev–Trinajstić information content (AvgIpc) is 2.68. The number of carbonyl (C=O) groups is 2. The van der Waals surface area contributed by atoms with E-state index in [1.165, 1.54) is 18.2 Å². The molecule has 1 saturated heterocycles. The van der Waals surface area contributed by atoms with E-state index in [0.29, 0.717) is 43.1 Å². The van der Waals surface area contributed by atoms with E-state index < -0.39 is 0 Å². The number of halogens is 1. The molecule has 2 amide bonds. The number of carbonyl (C=O) groups excluding carboxylic acids is 2. The van der Waals surface area contributed by atoms with Gasteiger partial charge >= 0.3 is 0 Å². The van der Waals surface area contributed by atoms with Crippen molar-refractivity contribution in [3.05, 3.63) is 71.6 Å². The molecule has 0 aliphatic carbocycles. The fourth-order valence-electron chi connectivity index (χ4n) is 2.64. The first-order valence-corrected chi connectivity index (χ1v) is 8.34. The Labute approximate surface area is 151 Å². The summed E-state index contributed by atoms with van der Waals surface area (Å²) < 4.78 is 18.2. The van der Waals surface area contributed by atoms with E-state index in [4.69, 9.17) is 4.74 Å². The molecule has 0 saturated carbocycles. The van der Waals surface area contributed by atoms with Crippen LogP contribution >= 0.6 is 0 Å². The van der Waals surface area contributed by atoms with Gasteiger partial charge in [-0.25, -0.2) is 4.39 Å². The first-order valence-electron chi connectivity index (χ1n) is 8.34. The Kier molecular flexibility index (Phi) is 5.76. The largest absolute Gasteiger partial charge is 0.378 e. The van der Waals surface area contributed by atoms with Gasteiger partial charge in [0, 0.05) is 19.2 Å². The Morgan fingerprint density at radius 3 is 2.46 bits per heavy atom. The van der Waals surface area contributed by atoms with Crippen LogP contribution in [0, 0.1) is 5.82 Å². The molecule has 3 rings (SSSR count). The molecule has 0 bridgehead atoms. The lowest BCUT2D eigenvalue weighted by atomic mass is 10.1. The molecule has 134 valence electrons. The molecule has 0 spiro atoms. The van der Waals surface area contributed by atoms with Crippen molar-refractivity contribution in [3.8, 4) is 0 Å². The summed E-state index contributed by atoms with van der Waals surface area (Å²) in [6, 6.07) is 12.7. The second kappa shape index (κ2) is 8.40. The van der Waals surface area contributed by atoms with E-state index in [1.54, 1.807) is 47.4 Å². The number of rotatable bonds is 4. The van der Waals surface area contributed by atoms with Crippen LogP contribution in [0.5, 0.6) is 0 Å². The first kappa shape index (κ1) is 17.8. The number of para-hydroxylation sites is 1. The second-order valence-corrected chi connectivity index (χ2v) is 5.82. The number of anilines is 1. The topological polar surface area (TPSA) is 58.6 Å². The van der Waals surface area contributed by atoms with Gasteiger partial charge in [0.15, 0.2) is 0 Å². The minimum Gasteiger partial charge on any atom is -0.378 e. The Morgan fingerprint density at radius 2 is 1.73 bits per heavy atom. The highest BCUT2D eigenvalue weighted by molar-refractivity contribution is 6.07. The van der Waals surface area contributed by atoms with Gasteiger partial charge in [0.1, 0.15) is 5.82 Å². The quantitative estimate of drug-likeness (QED) is 0.859. The van der Waals surface area contributed by atoms with Gasteiger partial charge in [0.05, 0.1) is 24.5 Å². The van der Waals surface area contributed by atoms with Crippen LogP contribution in [-0.4, -0.2) is 43.0 Å². The lowest BCUT2D eigenvalue weighted by Crippen LogP contribution is -2.41. The smallest absolute Gasteiger partial charge is 0.256 e. The molecule has 0 atom stereocenters. The zero-order valence-corrected chi connectivity index (χ0v) is 14.2. The van der Waals surface area contributed by atoms with Crippen LogP contribution in [0.25, 0.3) is 6.08 Å². The maximum absolute atomic E-state index is 12.9. The summed E-state index contributed by atoms with van der Waals surface area (Å²) >= 11 is 0. The molecule has 2 aromatic carbocycles. The number of amides is 2. The standard InChI is InChI=1S/C20H19FN2O3/c21-16-8-5-15(6-9-16)7-10-19(24)22-18-4-2-1-3-17(18)20(25)23-11-13-26-14-12-23/h1-10H,11-14H2,(H,22,24)/b10-7+. The summed E-state index contributed by atoms with van der Waals surface area (Å²) in [6.45, 7) is 2.10. The molecule has 5 nitrogen and oxygen atoms in total. The Hall–Kier alpha value is -2.99. The third-order valence-electron chi connectivity index (χ3n) is 4.01. The van der Waals surface area contributed by atoms with Gasteiger partial charge in [-0.2, -0.15) is 0 Å². The summed E-state index contributed by atoms with van der Waals surface area (Å²) in [6.07, 6.45) is 2.93. The summed E-state index contributed by atoms with van der Waals surface area (Å²) in [5.41, 5.74) is 1.61. The summed E-state index contributed by atoms with van der Waals surface area (Å²) in [5.74, 6) is -0.828. The third-order valence-corrected chi connectivity index (χ3v) is 4.01. The third kappa shape index (κ3) is 4.55. The van der Waals surface area contributed by atoms with Crippen molar-refractivity contribution in [2.75, 3.05) is 31.6 Å². The van der Waals surface area contributed by atoms with Crippen molar-refractivity contribution in [2.45, 2.75) is 0 Å². The molecule has 26 heavy (non-hydrogen) atoms. The van der Waals surface area contributed by atoms with Crippen LogP contribution in [0.15, 0.2) is 54.6 Å². The van der Waals surface area contributed by atoms with Crippen molar-refractivity contribution >= 4 is 23.6 Å². The SMILES string of the molecule is O=C(/C=C/c1ccc(F)cc1)Nc1ccccc1C(=O)N1CCOCC1. The van der Waals surface area contributed by atoms with Crippen molar-refractivity contribution in [1.29, 1.82) is 0 Å². The predicted molar refractivity (Wildman–Crippen MR) is 97.2 cm³/mol. The van der Waals surface area contributed by atoms with Crippen LogP contribution in [0.1, 0.15) is 15.9 Å². The van der Waals surface area contributed by atoms with Crippen LogP contribution < -0.4 is 5.32 Å². The summed E-state index contributed by atoms with van der Waals surface area (Å²) in [5, 5.41) is 2.73. The number of hydrogen-bond donors (Lipinski definition) is 1. The van der Waals surface area contributed by atoms with Gasteiger partial charge in [0.2, 0.25) is 5.91 Å². The van der Waals surface area contributed by atoms with E-state index in [-0.39, 0.29) is 17.6 Å². The highest BCUT2D eigenvalue weighted by Gasteiger charge is 2.21. The molecule has 1 heterocycles. The zero-order valence-electron chi connectivity index (χ0n) is 14.2. The Morgan fingerprint density at radius 1 is 1.04 bits per heavy atom. The number of hydrogen-bond acceptors (Lipinski definition) is 3. The fourth-order valence-corrected chi connectivity index (χ4v) is 2.64. The predicted octanol–water partition coefficient (Wildman–Crippen LogP) is 2.95. The first-order chi connectivity index (χ1) is 12.6. The summed E-state index contributed by atoms with van der Waals surface area (Å²) in [4.78, 5) is 26.6. The van der Waals surface area contributed by atoms with Crippen LogP contribution in [0.2, 0.25) is 0 Å². The number of benzene rings is 2. The van der Waals surface area contributed by atoms with Gasteiger partial charge in [-0.05, 0) is 35.9 Å². The van der Waals surface area contributed by atoms with Gasteiger partial charge in [-0.3, -0.25) is 9.59 Å². The Bertz CT molecular complexity index is 812. The minimum absolute atomic E-state index is 0.133. The number of nitrogens with one attached hydrogen (secondary N) is 1. The second-order valence-electron chi connectivity index (χ2n) is 5.82. The van der Waals surface area contributed by atoms with Gasteiger partial charge in [0.25, 0.3) is 5.91 Å². The maximum atomic E-state index is 12.9. The van der Waals surface area contributed by atoms with E-state index in [2.05, 4.69) is 5.32 Å². The molecular formula is C20H19FN2O3. The minimum atomic E-state index is -0.364. The normalized spacial score (nSPS) is 14.4. The van der Waals surface area contributed by atoms with Gasteiger partial charge in [-0.1, -0.05) is 24.3 Å². The number of morpholine rings is 1. The van der Waals surface area contributed by atoms with Gasteiger partial charge < -0.3 is 15.0 Å². The van der Waals surface area contributed by atoms with Crippen LogP contribution in [0.4, 0.5) is 10.1 Å². The van der Waals surface area contributed by atoms with E-state index in [1.807, 2.05) is 0 Å². The molecular weight excluding hydrogens is 335 g/mol. The molecule has 2 aromatic rings. The zero-order chi connectivity index (χ0) is 18.4. The number of ether oxygens (including phenoxy) is 1. The lowest BCUT2D eigenvalue weighted by molar-refractivity contribution is -0.111. The molecule has 1 aliphatic heterocycles. The van der Waals surface area contributed by atoms with E-state index >= 15 is 0 Å². The molecule has 1 N–H and O–H groups in total.